The summed E-state index contributed by atoms with van der Waals surface area (Å²) >= 11 is 0. The maximum atomic E-state index is 5.34. The van der Waals surface area contributed by atoms with Crippen LogP contribution in [0.25, 0.3) is 0 Å². The Morgan fingerprint density at radius 3 is 2.77 bits per heavy atom. The summed E-state index contributed by atoms with van der Waals surface area (Å²) < 4.78 is 7.79. The van der Waals surface area contributed by atoms with Crippen LogP contribution in [0.4, 0.5) is 0 Å². The third-order valence-corrected chi connectivity index (χ3v) is 2.81. The fourth-order valence-corrected chi connectivity index (χ4v) is 2.02. The molecule has 0 bridgehead atoms. The van der Waals surface area contributed by atoms with E-state index in [1.54, 1.807) is 0 Å². The van der Waals surface area contributed by atoms with Crippen LogP contribution in [0.2, 0.25) is 0 Å². The lowest BCUT2D eigenvalue weighted by atomic mass is 10.2. The molecule has 2 fully saturated rings. The van der Waals surface area contributed by atoms with Crippen LogP contribution in [0.1, 0.15) is 25.7 Å². The van der Waals surface area contributed by atoms with Gasteiger partial charge in [-0.3, -0.25) is 9.89 Å². The van der Waals surface area contributed by atoms with Crippen molar-refractivity contribution < 1.29 is 9.31 Å². The van der Waals surface area contributed by atoms with E-state index in [1.807, 2.05) is 0 Å². The molecule has 0 aromatic rings. The molecule has 3 heteroatoms. The summed E-state index contributed by atoms with van der Waals surface area (Å²) in [6, 6.07) is 0. The van der Waals surface area contributed by atoms with Crippen molar-refractivity contribution in [2.24, 2.45) is 0 Å². The number of morpholine rings is 1. The molecule has 0 aliphatic carbocycles. The van der Waals surface area contributed by atoms with Gasteiger partial charge in [0.25, 0.3) is 0 Å². The van der Waals surface area contributed by atoms with Gasteiger partial charge >= 0.3 is 0 Å². The van der Waals surface area contributed by atoms with Gasteiger partial charge in [-0.15, -0.1) is 0 Å². The molecule has 2 aliphatic heterocycles. The third-order valence-electron chi connectivity index (χ3n) is 2.81. The van der Waals surface area contributed by atoms with Crippen molar-refractivity contribution in [3.63, 3.8) is 0 Å². The second kappa shape index (κ2) is 4.61. The molecular formula is C10H19N2O+. The number of hydrogen-bond donors (Lipinski definition) is 1. The van der Waals surface area contributed by atoms with Crippen LogP contribution < -0.4 is 5.32 Å². The molecule has 0 spiro atoms. The van der Waals surface area contributed by atoms with Gasteiger partial charge in [-0.25, -0.2) is 0 Å². The quantitative estimate of drug-likeness (QED) is 0.556. The SMILES string of the molecule is C1CCNC(=[N+]2CCOCC2)CC1. The zero-order valence-corrected chi connectivity index (χ0v) is 8.22. The highest BCUT2D eigenvalue weighted by Crippen LogP contribution is 2.05. The van der Waals surface area contributed by atoms with Gasteiger partial charge in [0.2, 0.25) is 5.84 Å². The van der Waals surface area contributed by atoms with Crippen molar-refractivity contribution in [1.82, 2.24) is 5.32 Å². The number of hydrogen-bond acceptors (Lipinski definition) is 1. The molecule has 74 valence electrons. The van der Waals surface area contributed by atoms with Gasteiger partial charge < -0.3 is 4.74 Å². The van der Waals surface area contributed by atoms with Crippen LogP contribution in [-0.2, 0) is 4.74 Å². The lowest BCUT2D eigenvalue weighted by Gasteiger charge is -2.16. The van der Waals surface area contributed by atoms with Crippen molar-refractivity contribution in [3.05, 3.63) is 0 Å². The Balaban J connectivity index is 2.00. The average molecular weight is 183 g/mol. The number of amidine groups is 1. The van der Waals surface area contributed by atoms with Crippen LogP contribution in [-0.4, -0.2) is 43.3 Å². The first-order valence-electron chi connectivity index (χ1n) is 5.39. The van der Waals surface area contributed by atoms with Gasteiger partial charge in [-0.2, -0.15) is 0 Å². The maximum absolute atomic E-state index is 5.34. The summed E-state index contributed by atoms with van der Waals surface area (Å²) in [5, 5.41) is 3.54. The van der Waals surface area contributed by atoms with Gasteiger partial charge in [0.1, 0.15) is 13.1 Å². The predicted molar refractivity (Wildman–Crippen MR) is 52.3 cm³/mol. The standard InChI is InChI=1S/C10H18N2O/c1-2-4-10(11-5-3-1)12-6-8-13-9-7-12/h1-9H2/p+1. The normalized spacial score (nSPS) is 25.2. The van der Waals surface area contributed by atoms with Gasteiger partial charge in [-0.1, -0.05) is 0 Å². The van der Waals surface area contributed by atoms with Crippen molar-refractivity contribution >= 4 is 5.84 Å². The first-order chi connectivity index (χ1) is 6.47. The highest BCUT2D eigenvalue weighted by atomic mass is 16.5. The van der Waals surface area contributed by atoms with Gasteiger partial charge in [0.05, 0.1) is 19.8 Å². The second-order valence-corrected chi connectivity index (χ2v) is 3.78. The van der Waals surface area contributed by atoms with E-state index >= 15 is 0 Å². The zero-order chi connectivity index (χ0) is 8.93. The number of nitrogens with zero attached hydrogens (tertiary/aromatic N) is 1. The first-order valence-corrected chi connectivity index (χ1v) is 5.39. The predicted octanol–water partition coefficient (Wildman–Crippen LogP) is 0.591. The van der Waals surface area contributed by atoms with Gasteiger partial charge in [0.15, 0.2) is 0 Å². The topological polar surface area (TPSA) is 24.3 Å². The molecule has 2 heterocycles. The zero-order valence-electron chi connectivity index (χ0n) is 8.22. The van der Waals surface area contributed by atoms with E-state index in [1.165, 1.54) is 31.5 Å². The Hall–Kier alpha value is -0.570. The average Bonchev–Trinajstić information content (AvgIpc) is 2.47. The molecule has 2 aliphatic rings. The summed E-state index contributed by atoms with van der Waals surface area (Å²) in [5.41, 5.74) is 0. The summed E-state index contributed by atoms with van der Waals surface area (Å²) in [5.74, 6) is 1.46. The van der Waals surface area contributed by atoms with E-state index in [0.29, 0.717) is 0 Å². The largest absolute Gasteiger partial charge is 0.373 e. The van der Waals surface area contributed by atoms with E-state index < -0.39 is 0 Å². The monoisotopic (exact) mass is 183 g/mol. The van der Waals surface area contributed by atoms with E-state index in [9.17, 15) is 0 Å². The molecule has 0 unspecified atom stereocenters. The minimum absolute atomic E-state index is 0.894. The molecule has 2 rings (SSSR count). The molecule has 0 aromatic carbocycles. The molecule has 0 radical (unpaired) electrons. The van der Waals surface area contributed by atoms with E-state index in [-0.39, 0.29) is 0 Å². The Morgan fingerprint density at radius 2 is 1.92 bits per heavy atom. The lowest BCUT2D eigenvalue weighted by Crippen LogP contribution is -2.39. The number of rotatable bonds is 0. The van der Waals surface area contributed by atoms with Crippen LogP contribution >= 0.6 is 0 Å². The Labute approximate surface area is 79.8 Å². The van der Waals surface area contributed by atoms with Crippen LogP contribution in [0.5, 0.6) is 0 Å². The lowest BCUT2D eigenvalue weighted by molar-refractivity contribution is -0.552. The fraction of sp³-hybridized carbons (Fsp3) is 0.900. The molecule has 3 nitrogen and oxygen atoms in total. The first kappa shape index (κ1) is 9.00. The molecule has 0 aromatic heterocycles. The number of nitrogens with one attached hydrogen (secondary N) is 1. The van der Waals surface area contributed by atoms with E-state index in [4.69, 9.17) is 4.74 Å². The van der Waals surface area contributed by atoms with Crippen LogP contribution in [0.3, 0.4) is 0 Å². The Kier molecular flexibility index (Phi) is 3.19. The molecule has 0 saturated carbocycles. The smallest absolute Gasteiger partial charge is 0.244 e. The Bertz CT molecular complexity index is 183. The van der Waals surface area contributed by atoms with Crippen molar-refractivity contribution in [2.45, 2.75) is 25.7 Å². The van der Waals surface area contributed by atoms with Crippen molar-refractivity contribution in [2.75, 3.05) is 32.8 Å². The molecule has 0 amide bonds. The fourth-order valence-electron chi connectivity index (χ4n) is 2.02. The van der Waals surface area contributed by atoms with Crippen LogP contribution in [0, 0.1) is 0 Å². The minimum atomic E-state index is 0.894. The van der Waals surface area contributed by atoms with E-state index in [2.05, 4.69) is 9.89 Å². The summed E-state index contributed by atoms with van der Waals surface area (Å²) in [6.07, 6.45) is 5.29. The molecule has 13 heavy (non-hydrogen) atoms. The third kappa shape index (κ3) is 2.44. The van der Waals surface area contributed by atoms with Crippen LogP contribution in [0.15, 0.2) is 0 Å². The van der Waals surface area contributed by atoms with Gasteiger partial charge in [-0.05, 0) is 19.3 Å². The molecule has 0 atom stereocenters. The van der Waals surface area contributed by atoms with Gasteiger partial charge in [0, 0.05) is 6.42 Å². The Morgan fingerprint density at radius 1 is 1.08 bits per heavy atom. The summed E-state index contributed by atoms with van der Waals surface area (Å²) in [6.45, 7) is 5.09. The van der Waals surface area contributed by atoms with Crippen molar-refractivity contribution in [3.8, 4) is 0 Å². The molecule has 1 N–H and O–H groups in total. The highest BCUT2D eigenvalue weighted by Gasteiger charge is 2.17. The minimum Gasteiger partial charge on any atom is -0.373 e. The summed E-state index contributed by atoms with van der Waals surface area (Å²) in [4.78, 5) is 0. The number of ether oxygens (including phenoxy) is 1. The molecule has 2 saturated heterocycles. The van der Waals surface area contributed by atoms with E-state index in [0.717, 1.165) is 32.8 Å². The second-order valence-electron chi connectivity index (χ2n) is 3.78. The highest BCUT2D eigenvalue weighted by molar-refractivity contribution is 5.77. The maximum Gasteiger partial charge on any atom is 0.244 e. The summed E-state index contributed by atoms with van der Waals surface area (Å²) in [7, 11) is 0. The van der Waals surface area contributed by atoms with Crippen molar-refractivity contribution in [1.29, 1.82) is 0 Å². The molecular weight excluding hydrogens is 164 g/mol.